The van der Waals surface area contributed by atoms with Gasteiger partial charge in [0.15, 0.2) is 18.2 Å². The second-order valence-electron chi connectivity index (χ2n) is 24.6. The third-order valence-corrected chi connectivity index (χ3v) is 14.8. The van der Waals surface area contributed by atoms with Crippen LogP contribution in [0.25, 0.3) is 0 Å². The molecule has 0 radical (unpaired) electrons. The standard InChI is InChI=1S/C20H27FN2O5.C18H25FN2O4.C15H19FN2O3.C13H17FN2O2.4CH4.2ClH.4H2S/c1-13(24)27-17(14-7-9-15(21)10-8-14)16(18(25)23-11-5-6-12-23)22-19(26)28-20(2,3)4;1-18(2,3)25-17(24)20-14(16(23)21-10-4-5-11-21)15(22)12-6-8-13(19)9-7-12;1-10(19)21-14(11-4-6-12(16)7-5-11)13(17)15(20)18-8-2-3-9-18;14-10-5-3-9(4-6-10)12(17)11(15)13(18)16-7-1-2-8-16;;;;;;;;;;/h7-10,16-17H,5-6,11-12H2,1-4H3,(H,22,26);6-9,14-15,22H,4-5,10-11H2,1-3H3,(H,20,24);4-7,13-14H,2-3,8-9,17H2,1H3;3-6,11-12,17H,1-2,7-8,15H2;4*1H4;2*1H;4*1H2/t16-,17+;14-,15+;13-,14+;11-,12+;;;;;;;;;;/m1111........../s1. The number of aliphatic hydroxyl groups excluding tert-OH is 2. The molecule has 4 heterocycles. The van der Waals surface area contributed by atoms with Crippen LogP contribution in [0.2, 0.25) is 0 Å². The Morgan fingerprint density at radius 1 is 0.392 bits per heavy atom. The van der Waals surface area contributed by atoms with Crippen molar-refractivity contribution in [3.8, 4) is 0 Å². The molecule has 102 heavy (non-hydrogen) atoms. The Morgan fingerprint density at radius 2 is 0.627 bits per heavy atom. The number of alkyl carbamates (subject to hydrolysis) is 2. The summed E-state index contributed by atoms with van der Waals surface area (Å²) in [5, 5.41) is 25.6. The van der Waals surface area contributed by atoms with Crippen LogP contribution in [0.15, 0.2) is 97.1 Å². The number of nitrogens with one attached hydrogen (secondary N) is 2. The zero-order chi connectivity index (χ0) is 68.0. The number of halogens is 6. The first-order valence-corrected chi connectivity index (χ1v) is 30.7. The summed E-state index contributed by atoms with van der Waals surface area (Å²) < 4.78 is 73.2. The van der Waals surface area contributed by atoms with Crippen molar-refractivity contribution in [1.29, 1.82) is 0 Å². The minimum Gasteiger partial charge on any atom is -0.455 e. The van der Waals surface area contributed by atoms with Crippen LogP contribution in [0.4, 0.5) is 27.2 Å². The lowest BCUT2D eigenvalue weighted by atomic mass is 10.0. The molecule has 4 aromatic rings. The van der Waals surface area contributed by atoms with Crippen LogP contribution in [0, 0.1) is 23.3 Å². The minimum atomic E-state index is -1.30. The molecule has 22 nitrogen and oxygen atoms in total. The largest absolute Gasteiger partial charge is 0.455 e. The third-order valence-electron chi connectivity index (χ3n) is 14.8. The van der Waals surface area contributed by atoms with Crippen molar-refractivity contribution in [3.63, 3.8) is 0 Å². The lowest BCUT2D eigenvalue weighted by molar-refractivity contribution is -0.153. The van der Waals surface area contributed by atoms with E-state index >= 15 is 0 Å². The zero-order valence-corrected chi connectivity index (χ0v) is 61.9. The monoisotopic (exact) mass is 1560 g/mol. The Hall–Kier alpha value is -6.22. The third kappa shape index (κ3) is 35.0. The Bertz CT molecular complexity index is 3100. The van der Waals surface area contributed by atoms with E-state index in [-0.39, 0.29) is 138 Å². The molecule has 8 rings (SSSR count). The van der Waals surface area contributed by atoms with Crippen LogP contribution < -0.4 is 22.1 Å². The molecule has 584 valence electrons. The van der Waals surface area contributed by atoms with Gasteiger partial charge >= 0.3 is 24.1 Å². The Morgan fingerprint density at radius 3 is 0.922 bits per heavy atom. The number of carbonyl (C=O) groups is 8. The second-order valence-corrected chi connectivity index (χ2v) is 24.6. The van der Waals surface area contributed by atoms with Gasteiger partial charge in [0.25, 0.3) is 0 Å². The van der Waals surface area contributed by atoms with Gasteiger partial charge in [0.2, 0.25) is 23.6 Å². The smallest absolute Gasteiger partial charge is 0.408 e. The van der Waals surface area contributed by atoms with Gasteiger partial charge in [0, 0.05) is 66.2 Å². The highest BCUT2D eigenvalue weighted by Crippen LogP contribution is 2.28. The van der Waals surface area contributed by atoms with Crippen LogP contribution in [0.1, 0.15) is 183 Å². The maximum Gasteiger partial charge on any atom is 0.408 e. The number of ether oxygens (including phenoxy) is 4. The molecule has 0 spiro atoms. The van der Waals surface area contributed by atoms with Gasteiger partial charge in [-0.25, -0.2) is 27.2 Å². The number of benzene rings is 4. The SMILES string of the molecule is C.C.C.C.CC(=O)O[C@@H](c1ccc(F)cc1)[C@@H](N)C(=O)N1CCCC1.CC(=O)O[C@@H](c1ccc(F)cc1)[C@@H](NC(=O)OC(C)(C)C)C(=O)N1CCCC1.CC(C)(C)OC(=O)N[C@@H](C(=O)N1CCCC1)[C@@H](O)c1ccc(F)cc1.Cl.Cl.N[C@@H](C(=O)N1CCCC1)[C@@H](O)c1ccc(F)cc1.S.S.S.S. The molecule has 6 amide bonds. The van der Waals surface area contributed by atoms with E-state index in [1.807, 2.05) is 0 Å². The summed E-state index contributed by atoms with van der Waals surface area (Å²) in [5.74, 6) is -4.10. The summed E-state index contributed by atoms with van der Waals surface area (Å²) >= 11 is 0. The molecule has 0 unspecified atom stereocenters. The van der Waals surface area contributed by atoms with Gasteiger partial charge < -0.3 is 70.9 Å². The average Bonchev–Trinajstić information content (AvgIpc) is 1.29. The highest BCUT2D eigenvalue weighted by molar-refractivity contribution is 7.59. The molecule has 4 aromatic carbocycles. The quantitative estimate of drug-likeness (QED) is 0.0345. The molecule has 0 saturated carbocycles. The predicted molar refractivity (Wildman–Crippen MR) is 413 cm³/mol. The molecular weight excluding hydrogens is 1450 g/mol. The number of amides is 6. The lowest BCUT2D eigenvalue weighted by Gasteiger charge is -2.31. The van der Waals surface area contributed by atoms with Gasteiger partial charge in [0.05, 0.1) is 0 Å². The molecule has 4 fully saturated rings. The fraction of sp³-hybridized carbons (Fsp3) is 0.543. The van der Waals surface area contributed by atoms with Crippen molar-refractivity contribution in [2.45, 2.75) is 196 Å². The summed E-state index contributed by atoms with van der Waals surface area (Å²) in [4.78, 5) is 104. The highest BCUT2D eigenvalue weighted by Gasteiger charge is 2.40. The number of nitrogens with zero attached hydrogens (tertiary/aromatic N) is 4. The molecule has 8 N–H and O–H groups in total. The van der Waals surface area contributed by atoms with E-state index in [1.165, 1.54) is 111 Å². The van der Waals surface area contributed by atoms with Gasteiger partial charge in [-0.15, -0.1) is 24.8 Å². The van der Waals surface area contributed by atoms with Crippen LogP contribution in [0.3, 0.4) is 0 Å². The molecule has 32 heteroatoms. The van der Waals surface area contributed by atoms with Gasteiger partial charge in [0.1, 0.15) is 64.8 Å². The summed E-state index contributed by atoms with van der Waals surface area (Å²) in [6.45, 7) is 17.7. The molecule has 0 aromatic heterocycles. The maximum atomic E-state index is 13.3. The van der Waals surface area contributed by atoms with Crippen molar-refractivity contribution in [2.75, 3.05) is 52.4 Å². The number of carbonyl (C=O) groups excluding carboxylic acids is 8. The first-order valence-electron chi connectivity index (χ1n) is 30.7. The zero-order valence-electron chi connectivity index (χ0n) is 56.2. The number of hydrogen-bond donors (Lipinski definition) is 6. The summed E-state index contributed by atoms with van der Waals surface area (Å²) in [6, 6.07) is 16.9. The molecule has 4 aliphatic rings. The van der Waals surface area contributed by atoms with Crippen molar-refractivity contribution in [2.24, 2.45) is 11.5 Å². The number of aliphatic hydroxyl groups is 2. The first kappa shape index (κ1) is 107. The lowest BCUT2D eigenvalue weighted by Crippen LogP contribution is -2.52. The summed E-state index contributed by atoms with van der Waals surface area (Å²) in [7, 11) is 0. The Labute approximate surface area is 640 Å². The molecule has 4 aliphatic heterocycles. The van der Waals surface area contributed by atoms with Crippen LogP contribution in [-0.2, 0) is 47.7 Å². The number of rotatable bonds is 16. The van der Waals surface area contributed by atoms with E-state index in [2.05, 4.69) is 10.6 Å². The van der Waals surface area contributed by atoms with Crippen LogP contribution in [0.5, 0.6) is 0 Å². The molecule has 4 saturated heterocycles. The molecule has 8 atom stereocenters. The van der Waals surface area contributed by atoms with Crippen molar-refractivity contribution in [3.05, 3.63) is 143 Å². The van der Waals surface area contributed by atoms with Crippen LogP contribution >= 0.6 is 78.8 Å². The average molecular weight is 1570 g/mol. The highest BCUT2D eigenvalue weighted by atomic mass is 35.5. The first-order chi connectivity index (χ1) is 43.3. The van der Waals surface area contributed by atoms with E-state index in [0.717, 1.165) is 51.4 Å². The number of nitrogens with two attached hydrogens (primary N) is 2. The normalized spacial score (nSPS) is 15.5. The number of likely N-dealkylation sites (tertiary alicyclic amines) is 4. The minimum absolute atomic E-state index is 0. The van der Waals surface area contributed by atoms with Crippen molar-refractivity contribution < 1.29 is 85.1 Å². The van der Waals surface area contributed by atoms with E-state index in [1.54, 1.807) is 61.1 Å². The maximum absolute atomic E-state index is 13.3. The van der Waals surface area contributed by atoms with Crippen molar-refractivity contribution >= 4 is 127 Å². The fourth-order valence-electron chi connectivity index (χ4n) is 10.3. The molecule has 0 aliphatic carbocycles. The van der Waals surface area contributed by atoms with E-state index in [4.69, 9.17) is 30.4 Å². The van der Waals surface area contributed by atoms with Crippen molar-refractivity contribution in [1.82, 2.24) is 30.2 Å². The molecule has 0 bridgehead atoms. The van der Waals surface area contributed by atoms with E-state index in [9.17, 15) is 66.1 Å². The number of esters is 2. The van der Waals surface area contributed by atoms with Gasteiger partial charge in [-0.1, -0.05) is 78.2 Å². The summed E-state index contributed by atoms with van der Waals surface area (Å²) in [5.41, 5.74) is 12.0. The van der Waals surface area contributed by atoms with E-state index < -0.39 is 101 Å². The van der Waals surface area contributed by atoms with Gasteiger partial charge in [-0.05, 0) is 164 Å². The van der Waals surface area contributed by atoms with E-state index in [0.29, 0.717) is 74.6 Å². The predicted octanol–water partition coefficient (Wildman–Crippen LogP) is 11.3. The van der Waals surface area contributed by atoms with Crippen LogP contribution in [-0.4, -0.2) is 165 Å². The Kier molecular flexibility index (Phi) is 53.4. The summed E-state index contributed by atoms with van der Waals surface area (Å²) in [6.07, 6.45) is 1.34. The number of hydrogen-bond acceptors (Lipinski definition) is 16. The van der Waals surface area contributed by atoms with Gasteiger partial charge in [-0.3, -0.25) is 28.8 Å². The second kappa shape index (κ2) is 51.1. The topological polar surface area (TPSA) is 303 Å². The van der Waals surface area contributed by atoms with Gasteiger partial charge in [-0.2, -0.15) is 54.0 Å². The fourth-order valence-corrected chi connectivity index (χ4v) is 10.3. The molecular formula is C70H114Cl2F4N8O14S4. The Balaban J connectivity index is -0.000000295.